The quantitative estimate of drug-likeness (QED) is 0.440. The third-order valence-corrected chi connectivity index (χ3v) is 4.16. The smallest absolute Gasteiger partial charge is 0.273 e. The molecule has 0 aliphatic carbocycles. The molecule has 0 saturated heterocycles. The Morgan fingerprint density at radius 1 is 1.22 bits per heavy atom. The summed E-state index contributed by atoms with van der Waals surface area (Å²) < 4.78 is 15.7. The average Bonchev–Trinajstić information content (AvgIpc) is 3.27. The number of amides is 2. The number of aromatic nitrogens is 5. The SMILES string of the molecule is CCC(=O)Nc1cc(Nc2nccc(-c3noc(COC)n3)c2OC)c(C(=O)NC)nn1. The minimum Gasteiger partial charge on any atom is -0.492 e. The molecular formula is C19H22N8O5. The first-order chi connectivity index (χ1) is 15.5. The van der Waals surface area contributed by atoms with E-state index in [-0.39, 0.29) is 47.8 Å². The van der Waals surface area contributed by atoms with Gasteiger partial charge in [-0.3, -0.25) is 9.59 Å². The van der Waals surface area contributed by atoms with Crippen molar-refractivity contribution in [2.24, 2.45) is 0 Å². The van der Waals surface area contributed by atoms with E-state index in [1.165, 1.54) is 33.5 Å². The van der Waals surface area contributed by atoms with Crippen molar-refractivity contribution in [2.45, 2.75) is 20.0 Å². The fourth-order valence-corrected chi connectivity index (χ4v) is 2.66. The molecule has 0 aliphatic heterocycles. The van der Waals surface area contributed by atoms with Crippen LogP contribution in [0.3, 0.4) is 0 Å². The lowest BCUT2D eigenvalue weighted by Crippen LogP contribution is -2.22. The molecule has 0 atom stereocenters. The van der Waals surface area contributed by atoms with Crippen molar-refractivity contribution in [1.82, 2.24) is 30.6 Å². The standard InChI is InChI=1S/C19H22N8O5/c1-5-13(28)23-12-8-11(15(26-25-12)19(29)20-2)22-18-16(31-4)10(6-7-21-18)17-24-14(9-30-3)32-27-17/h6-8H,5,9H2,1-4H3,(H,20,29)(H2,21,22,23,25,28). The van der Waals surface area contributed by atoms with E-state index >= 15 is 0 Å². The number of rotatable bonds is 9. The molecule has 2 amide bonds. The summed E-state index contributed by atoms with van der Waals surface area (Å²) >= 11 is 0. The lowest BCUT2D eigenvalue weighted by Gasteiger charge is -2.15. The zero-order valence-electron chi connectivity index (χ0n) is 17.9. The van der Waals surface area contributed by atoms with Crippen LogP contribution >= 0.6 is 0 Å². The molecule has 0 radical (unpaired) electrons. The number of pyridine rings is 1. The third-order valence-electron chi connectivity index (χ3n) is 4.16. The Labute approximate surface area is 182 Å². The van der Waals surface area contributed by atoms with E-state index in [9.17, 15) is 9.59 Å². The number of carbonyl (C=O) groups excluding carboxylic acids is 2. The van der Waals surface area contributed by atoms with Crippen LogP contribution in [-0.4, -0.2) is 58.4 Å². The van der Waals surface area contributed by atoms with Crippen LogP contribution in [0.25, 0.3) is 11.4 Å². The predicted octanol–water partition coefficient (Wildman–Crippen LogP) is 1.53. The molecule has 0 aromatic carbocycles. The molecule has 0 saturated carbocycles. The van der Waals surface area contributed by atoms with Crippen LogP contribution in [0.4, 0.5) is 17.3 Å². The van der Waals surface area contributed by atoms with Crippen LogP contribution in [-0.2, 0) is 16.1 Å². The van der Waals surface area contributed by atoms with Crippen LogP contribution in [0.5, 0.6) is 5.75 Å². The van der Waals surface area contributed by atoms with Gasteiger partial charge in [-0.2, -0.15) is 4.98 Å². The van der Waals surface area contributed by atoms with Crippen LogP contribution in [0.1, 0.15) is 29.7 Å². The topological polar surface area (TPSA) is 166 Å². The maximum atomic E-state index is 12.3. The number of nitrogens with one attached hydrogen (secondary N) is 3. The van der Waals surface area contributed by atoms with E-state index in [2.05, 4.69) is 41.3 Å². The molecular weight excluding hydrogens is 420 g/mol. The van der Waals surface area contributed by atoms with Gasteiger partial charge in [0.25, 0.3) is 11.8 Å². The fourth-order valence-electron chi connectivity index (χ4n) is 2.66. The Kier molecular flexibility index (Phi) is 7.23. The molecule has 3 aromatic heterocycles. The van der Waals surface area contributed by atoms with Gasteiger partial charge >= 0.3 is 0 Å². The third kappa shape index (κ3) is 4.95. The molecule has 168 valence electrons. The van der Waals surface area contributed by atoms with Gasteiger partial charge in [-0.15, -0.1) is 10.2 Å². The number of anilines is 3. The van der Waals surface area contributed by atoms with Crippen molar-refractivity contribution in [3.8, 4) is 17.1 Å². The molecule has 0 fully saturated rings. The highest BCUT2D eigenvalue weighted by Crippen LogP contribution is 2.35. The maximum Gasteiger partial charge on any atom is 0.273 e. The second-order valence-corrected chi connectivity index (χ2v) is 6.28. The second-order valence-electron chi connectivity index (χ2n) is 6.28. The molecule has 3 aromatic rings. The Bertz CT molecular complexity index is 1120. The largest absolute Gasteiger partial charge is 0.492 e. The number of nitrogens with zero attached hydrogens (tertiary/aromatic N) is 5. The van der Waals surface area contributed by atoms with Crippen molar-refractivity contribution in [3.63, 3.8) is 0 Å². The Morgan fingerprint density at radius 3 is 2.72 bits per heavy atom. The number of hydrogen-bond acceptors (Lipinski definition) is 11. The van der Waals surface area contributed by atoms with E-state index in [0.29, 0.717) is 17.2 Å². The summed E-state index contributed by atoms with van der Waals surface area (Å²) in [6.45, 7) is 1.87. The summed E-state index contributed by atoms with van der Waals surface area (Å²) in [5.74, 6) is 0.571. The Morgan fingerprint density at radius 2 is 2.03 bits per heavy atom. The van der Waals surface area contributed by atoms with Gasteiger partial charge in [0.2, 0.25) is 11.7 Å². The molecule has 13 heteroatoms. The molecule has 3 N–H and O–H groups in total. The summed E-state index contributed by atoms with van der Waals surface area (Å²) in [5.41, 5.74) is 0.749. The number of carbonyl (C=O) groups is 2. The molecule has 0 aliphatic rings. The van der Waals surface area contributed by atoms with Crippen molar-refractivity contribution < 1.29 is 23.6 Å². The van der Waals surface area contributed by atoms with Crippen molar-refractivity contribution in [1.29, 1.82) is 0 Å². The summed E-state index contributed by atoms with van der Waals surface area (Å²) in [7, 11) is 4.44. The molecule has 0 bridgehead atoms. The van der Waals surface area contributed by atoms with Gasteiger partial charge in [0.1, 0.15) is 6.61 Å². The van der Waals surface area contributed by atoms with Crippen molar-refractivity contribution in [3.05, 3.63) is 29.9 Å². The van der Waals surface area contributed by atoms with Crippen LogP contribution in [0.2, 0.25) is 0 Å². The van der Waals surface area contributed by atoms with Crippen LogP contribution in [0, 0.1) is 0 Å². The van der Waals surface area contributed by atoms with E-state index in [1.807, 2.05) is 0 Å². The van der Waals surface area contributed by atoms with E-state index in [4.69, 9.17) is 14.0 Å². The van der Waals surface area contributed by atoms with Gasteiger partial charge in [0.15, 0.2) is 23.1 Å². The van der Waals surface area contributed by atoms with Crippen molar-refractivity contribution in [2.75, 3.05) is 31.9 Å². The minimum atomic E-state index is -0.481. The Hall–Kier alpha value is -4.13. The highest BCUT2D eigenvalue weighted by atomic mass is 16.5. The summed E-state index contributed by atoms with van der Waals surface area (Å²) in [6.07, 6.45) is 1.77. The van der Waals surface area contributed by atoms with Gasteiger partial charge in [-0.1, -0.05) is 12.1 Å². The lowest BCUT2D eigenvalue weighted by molar-refractivity contribution is -0.115. The van der Waals surface area contributed by atoms with E-state index in [0.717, 1.165) is 0 Å². The average molecular weight is 442 g/mol. The first-order valence-corrected chi connectivity index (χ1v) is 9.52. The monoisotopic (exact) mass is 442 g/mol. The van der Waals surface area contributed by atoms with Gasteiger partial charge in [0, 0.05) is 32.8 Å². The predicted molar refractivity (Wildman–Crippen MR) is 112 cm³/mol. The van der Waals surface area contributed by atoms with Crippen LogP contribution < -0.4 is 20.7 Å². The molecule has 0 spiro atoms. The molecule has 0 unspecified atom stereocenters. The molecule has 13 nitrogen and oxygen atoms in total. The first-order valence-electron chi connectivity index (χ1n) is 9.52. The van der Waals surface area contributed by atoms with Crippen molar-refractivity contribution >= 4 is 29.1 Å². The summed E-state index contributed by atoms with van der Waals surface area (Å²) in [4.78, 5) is 32.6. The molecule has 3 heterocycles. The van der Waals surface area contributed by atoms with Crippen LogP contribution in [0.15, 0.2) is 22.9 Å². The fraction of sp³-hybridized carbons (Fsp3) is 0.316. The maximum absolute atomic E-state index is 12.3. The van der Waals surface area contributed by atoms with Gasteiger partial charge < -0.3 is 29.9 Å². The highest BCUT2D eigenvalue weighted by Gasteiger charge is 2.21. The van der Waals surface area contributed by atoms with Gasteiger partial charge in [-0.25, -0.2) is 4.98 Å². The van der Waals surface area contributed by atoms with E-state index in [1.54, 1.807) is 13.0 Å². The number of methoxy groups -OCH3 is 2. The lowest BCUT2D eigenvalue weighted by atomic mass is 10.2. The second kappa shape index (κ2) is 10.3. The van der Waals surface area contributed by atoms with E-state index < -0.39 is 5.91 Å². The minimum absolute atomic E-state index is 0.00167. The molecule has 32 heavy (non-hydrogen) atoms. The zero-order chi connectivity index (χ0) is 23.1. The summed E-state index contributed by atoms with van der Waals surface area (Å²) in [6, 6.07) is 3.13. The Balaban J connectivity index is 2.02. The number of hydrogen-bond donors (Lipinski definition) is 3. The van der Waals surface area contributed by atoms with Gasteiger partial charge in [-0.05, 0) is 6.07 Å². The summed E-state index contributed by atoms with van der Waals surface area (Å²) in [5, 5.41) is 19.9. The van der Waals surface area contributed by atoms with Gasteiger partial charge in [0.05, 0.1) is 18.4 Å². The zero-order valence-corrected chi connectivity index (χ0v) is 17.9. The normalized spacial score (nSPS) is 10.5. The number of ether oxygens (including phenoxy) is 2. The first kappa shape index (κ1) is 22.6. The molecule has 3 rings (SSSR count). The highest BCUT2D eigenvalue weighted by molar-refractivity contribution is 5.99.